The van der Waals surface area contributed by atoms with E-state index in [-0.39, 0.29) is 5.91 Å². The Hall–Kier alpha value is -1.29. The van der Waals surface area contributed by atoms with Crippen LogP contribution in [0.1, 0.15) is 37.7 Å². The van der Waals surface area contributed by atoms with E-state index in [2.05, 4.69) is 4.90 Å². The van der Waals surface area contributed by atoms with E-state index in [1.165, 1.54) is 0 Å². The summed E-state index contributed by atoms with van der Waals surface area (Å²) >= 11 is 0. The number of likely N-dealkylation sites (tertiary alicyclic amines) is 1. The van der Waals surface area contributed by atoms with Gasteiger partial charge in [-0.1, -0.05) is 0 Å². The first-order valence-corrected chi connectivity index (χ1v) is 6.12. The number of nitrogens with two attached hydrogens (primary N) is 1. The lowest BCUT2D eigenvalue weighted by Gasteiger charge is -2.42. The number of carbonyl (C=O) groups is 1. The Bertz CT molecular complexity index is 413. The van der Waals surface area contributed by atoms with Gasteiger partial charge in [0.25, 0.3) is 0 Å². The topological polar surface area (TPSA) is 59.5 Å². The number of amides is 1. The highest BCUT2D eigenvalue weighted by atomic mass is 16.3. The highest BCUT2D eigenvalue weighted by molar-refractivity contribution is 5.84. The van der Waals surface area contributed by atoms with Crippen LogP contribution in [-0.4, -0.2) is 22.9 Å². The van der Waals surface area contributed by atoms with Crippen molar-refractivity contribution in [2.45, 2.75) is 45.2 Å². The van der Waals surface area contributed by atoms with Crippen LogP contribution in [0.2, 0.25) is 0 Å². The van der Waals surface area contributed by atoms with Gasteiger partial charge < -0.3 is 10.2 Å². The predicted octanol–water partition coefficient (Wildman–Crippen LogP) is 1.82. The number of primary amides is 1. The first-order valence-electron chi connectivity index (χ1n) is 6.12. The van der Waals surface area contributed by atoms with Crippen LogP contribution in [0.15, 0.2) is 16.5 Å². The summed E-state index contributed by atoms with van der Waals surface area (Å²) < 4.78 is 5.57. The minimum Gasteiger partial charge on any atom is -0.465 e. The summed E-state index contributed by atoms with van der Waals surface area (Å²) in [6, 6.07) is 3.91. The summed E-state index contributed by atoms with van der Waals surface area (Å²) in [7, 11) is 0. The van der Waals surface area contributed by atoms with E-state index in [9.17, 15) is 4.79 Å². The Morgan fingerprint density at radius 3 is 2.88 bits per heavy atom. The van der Waals surface area contributed by atoms with E-state index in [4.69, 9.17) is 10.2 Å². The summed E-state index contributed by atoms with van der Waals surface area (Å²) in [6.07, 6.45) is 3.01. The van der Waals surface area contributed by atoms with Crippen molar-refractivity contribution in [3.05, 3.63) is 23.7 Å². The number of rotatable bonds is 3. The van der Waals surface area contributed by atoms with Gasteiger partial charge in [-0.15, -0.1) is 0 Å². The molecule has 1 saturated heterocycles. The fourth-order valence-corrected chi connectivity index (χ4v) is 2.47. The summed E-state index contributed by atoms with van der Waals surface area (Å²) in [5.41, 5.74) is 5.01. The molecule has 0 unspecified atom stereocenters. The smallest absolute Gasteiger partial charge is 0.237 e. The van der Waals surface area contributed by atoms with Crippen LogP contribution in [0.3, 0.4) is 0 Å². The van der Waals surface area contributed by atoms with Gasteiger partial charge in [0.2, 0.25) is 5.91 Å². The number of furan rings is 1. The predicted molar refractivity (Wildman–Crippen MR) is 65.3 cm³/mol. The van der Waals surface area contributed by atoms with Gasteiger partial charge in [0.1, 0.15) is 11.5 Å². The van der Waals surface area contributed by atoms with E-state index in [0.717, 1.165) is 37.3 Å². The number of hydrogen-bond acceptors (Lipinski definition) is 3. The molecule has 0 aromatic carbocycles. The molecule has 0 saturated carbocycles. The number of carbonyl (C=O) groups excluding carboxylic acids is 1. The van der Waals surface area contributed by atoms with Crippen molar-refractivity contribution < 1.29 is 9.21 Å². The van der Waals surface area contributed by atoms with Crippen molar-refractivity contribution in [2.24, 2.45) is 5.73 Å². The normalized spacial score (nSPS) is 26.0. The molecule has 2 rings (SSSR count). The SMILES string of the molecule is Cc1ccc(CN2CCCC[C@@]2(C)C(N)=O)o1. The van der Waals surface area contributed by atoms with Crippen LogP contribution in [0.4, 0.5) is 0 Å². The van der Waals surface area contributed by atoms with Crippen LogP contribution in [-0.2, 0) is 11.3 Å². The van der Waals surface area contributed by atoms with Crippen LogP contribution in [0, 0.1) is 6.92 Å². The average Bonchev–Trinajstić information content (AvgIpc) is 2.67. The summed E-state index contributed by atoms with van der Waals surface area (Å²) in [4.78, 5) is 13.8. The second-order valence-corrected chi connectivity index (χ2v) is 5.03. The number of aryl methyl sites for hydroxylation is 1. The zero-order valence-corrected chi connectivity index (χ0v) is 10.5. The molecule has 4 heteroatoms. The van der Waals surface area contributed by atoms with Crippen molar-refractivity contribution in [2.75, 3.05) is 6.54 Å². The molecule has 94 valence electrons. The van der Waals surface area contributed by atoms with E-state index in [1.54, 1.807) is 0 Å². The number of piperidine rings is 1. The quantitative estimate of drug-likeness (QED) is 0.870. The fraction of sp³-hybridized carbons (Fsp3) is 0.615. The van der Waals surface area contributed by atoms with Gasteiger partial charge in [-0.3, -0.25) is 9.69 Å². The lowest BCUT2D eigenvalue weighted by molar-refractivity contribution is -0.132. The van der Waals surface area contributed by atoms with Crippen molar-refractivity contribution in [3.8, 4) is 0 Å². The van der Waals surface area contributed by atoms with Gasteiger partial charge in [0.05, 0.1) is 12.1 Å². The Balaban J connectivity index is 2.14. The molecule has 1 amide bonds. The number of hydrogen-bond donors (Lipinski definition) is 1. The first-order chi connectivity index (χ1) is 8.02. The molecule has 0 spiro atoms. The molecule has 1 fully saturated rings. The molecule has 2 N–H and O–H groups in total. The first kappa shape index (κ1) is 12.2. The molecule has 1 atom stereocenters. The maximum Gasteiger partial charge on any atom is 0.237 e. The third kappa shape index (κ3) is 2.36. The Morgan fingerprint density at radius 2 is 2.29 bits per heavy atom. The maximum atomic E-state index is 11.6. The van der Waals surface area contributed by atoms with Gasteiger partial charge in [-0.2, -0.15) is 0 Å². The lowest BCUT2D eigenvalue weighted by Crippen LogP contribution is -2.57. The molecular weight excluding hydrogens is 216 g/mol. The minimum absolute atomic E-state index is 0.236. The second kappa shape index (κ2) is 4.53. The molecule has 0 aliphatic carbocycles. The lowest BCUT2D eigenvalue weighted by atomic mass is 9.87. The van der Waals surface area contributed by atoms with Crippen LogP contribution in [0.5, 0.6) is 0 Å². The second-order valence-electron chi connectivity index (χ2n) is 5.03. The van der Waals surface area contributed by atoms with Crippen LogP contribution >= 0.6 is 0 Å². The van der Waals surface area contributed by atoms with Crippen molar-refractivity contribution >= 4 is 5.91 Å². The van der Waals surface area contributed by atoms with E-state index in [1.807, 2.05) is 26.0 Å². The Morgan fingerprint density at radius 1 is 1.53 bits per heavy atom. The van der Waals surface area contributed by atoms with Crippen molar-refractivity contribution in [3.63, 3.8) is 0 Å². The van der Waals surface area contributed by atoms with Gasteiger partial charge >= 0.3 is 0 Å². The van der Waals surface area contributed by atoms with E-state index < -0.39 is 5.54 Å². The van der Waals surface area contributed by atoms with E-state index >= 15 is 0 Å². The molecular formula is C13H20N2O2. The monoisotopic (exact) mass is 236 g/mol. The fourth-order valence-electron chi connectivity index (χ4n) is 2.47. The largest absolute Gasteiger partial charge is 0.465 e. The van der Waals surface area contributed by atoms with Gasteiger partial charge in [0.15, 0.2) is 0 Å². The summed E-state index contributed by atoms with van der Waals surface area (Å²) in [5.74, 6) is 1.56. The molecule has 1 aliphatic rings. The van der Waals surface area contributed by atoms with Crippen LogP contribution in [0.25, 0.3) is 0 Å². The van der Waals surface area contributed by atoms with Gasteiger partial charge in [-0.05, 0) is 51.8 Å². The molecule has 17 heavy (non-hydrogen) atoms. The van der Waals surface area contributed by atoms with Crippen molar-refractivity contribution in [1.82, 2.24) is 4.90 Å². The standard InChI is InChI=1S/C13H20N2O2/c1-10-5-6-11(17-10)9-15-8-4-3-7-13(15,2)12(14)16/h5-6H,3-4,7-9H2,1-2H3,(H2,14,16)/t13-/m0/s1. The maximum absolute atomic E-state index is 11.6. The molecule has 0 bridgehead atoms. The Labute approximate surface area is 102 Å². The molecule has 0 radical (unpaired) electrons. The minimum atomic E-state index is -0.529. The molecule has 4 nitrogen and oxygen atoms in total. The molecule has 2 heterocycles. The molecule has 1 aromatic heterocycles. The van der Waals surface area contributed by atoms with Crippen LogP contribution < -0.4 is 5.73 Å². The summed E-state index contributed by atoms with van der Waals surface area (Å²) in [6.45, 7) is 5.42. The third-order valence-corrected chi connectivity index (χ3v) is 3.71. The molecule has 1 aromatic rings. The van der Waals surface area contributed by atoms with Crippen molar-refractivity contribution in [1.29, 1.82) is 0 Å². The zero-order valence-electron chi connectivity index (χ0n) is 10.5. The number of nitrogens with zero attached hydrogens (tertiary/aromatic N) is 1. The zero-order chi connectivity index (χ0) is 12.5. The molecule has 1 aliphatic heterocycles. The third-order valence-electron chi connectivity index (χ3n) is 3.71. The van der Waals surface area contributed by atoms with Gasteiger partial charge in [-0.25, -0.2) is 0 Å². The van der Waals surface area contributed by atoms with E-state index in [0.29, 0.717) is 6.54 Å². The van der Waals surface area contributed by atoms with Gasteiger partial charge in [0, 0.05) is 0 Å². The highest BCUT2D eigenvalue weighted by Gasteiger charge is 2.39. The highest BCUT2D eigenvalue weighted by Crippen LogP contribution is 2.29. The average molecular weight is 236 g/mol. The Kier molecular flexibility index (Phi) is 3.24. The summed E-state index contributed by atoms with van der Waals surface area (Å²) in [5, 5.41) is 0.